The summed E-state index contributed by atoms with van der Waals surface area (Å²) in [5.41, 5.74) is -0.962. The smallest absolute Gasteiger partial charge is 0.153 e. The Kier molecular flexibility index (Phi) is 2.52. The Hall–Kier alpha value is -0.700. The first kappa shape index (κ1) is 8.30. The van der Waals surface area contributed by atoms with Crippen LogP contribution in [0, 0.1) is 0 Å². The van der Waals surface area contributed by atoms with Gasteiger partial charge in [-0.3, -0.25) is 4.99 Å². The standard InChI is InChI=1S/C6H12N2O/c1-6(2,9)5(7-3)8-4/h9H,3H2,1-2,4H3. The van der Waals surface area contributed by atoms with Crippen molar-refractivity contribution in [3.63, 3.8) is 0 Å². The molecule has 9 heavy (non-hydrogen) atoms. The van der Waals surface area contributed by atoms with Crippen molar-refractivity contribution in [3.05, 3.63) is 0 Å². The van der Waals surface area contributed by atoms with Crippen molar-refractivity contribution in [1.29, 1.82) is 0 Å². The highest BCUT2D eigenvalue weighted by Crippen LogP contribution is 2.04. The van der Waals surface area contributed by atoms with Crippen molar-refractivity contribution >= 4 is 12.6 Å². The van der Waals surface area contributed by atoms with Crippen LogP contribution in [0.15, 0.2) is 9.98 Å². The van der Waals surface area contributed by atoms with Gasteiger partial charge >= 0.3 is 0 Å². The van der Waals surface area contributed by atoms with Gasteiger partial charge in [-0.15, -0.1) is 0 Å². The van der Waals surface area contributed by atoms with Gasteiger partial charge in [0.1, 0.15) is 5.60 Å². The van der Waals surface area contributed by atoms with Gasteiger partial charge in [0.25, 0.3) is 0 Å². The largest absolute Gasteiger partial charge is 0.382 e. The van der Waals surface area contributed by atoms with Crippen molar-refractivity contribution in [3.8, 4) is 0 Å². The molecule has 0 heterocycles. The monoisotopic (exact) mass is 128 g/mol. The SMILES string of the molecule is C=NC(=NC)C(C)(C)O. The van der Waals surface area contributed by atoms with E-state index < -0.39 is 5.60 Å². The molecule has 0 fully saturated rings. The minimum atomic E-state index is -0.962. The molecule has 0 aromatic carbocycles. The first-order valence-corrected chi connectivity index (χ1v) is 2.68. The van der Waals surface area contributed by atoms with Gasteiger partial charge in [0.2, 0.25) is 0 Å². The zero-order valence-corrected chi connectivity index (χ0v) is 6.05. The lowest BCUT2D eigenvalue weighted by molar-refractivity contribution is 0.152. The quantitative estimate of drug-likeness (QED) is 0.405. The number of nitrogens with zero attached hydrogens (tertiary/aromatic N) is 2. The van der Waals surface area contributed by atoms with E-state index in [2.05, 4.69) is 16.7 Å². The van der Waals surface area contributed by atoms with Gasteiger partial charge < -0.3 is 5.11 Å². The van der Waals surface area contributed by atoms with E-state index in [9.17, 15) is 5.11 Å². The molecule has 1 N–H and O–H groups in total. The molecule has 0 rings (SSSR count). The summed E-state index contributed by atoms with van der Waals surface area (Å²) >= 11 is 0. The van der Waals surface area contributed by atoms with E-state index in [0.717, 1.165) is 0 Å². The van der Waals surface area contributed by atoms with E-state index in [1.165, 1.54) is 0 Å². The maximum atomic E-state index is 9.21. The van der Waals surface area contributed by atoms with Crippen LogP contribution < -0.4 is 0 Å². The average Bonchev–Trinajstić information content (AvgIpc) is 1.65. The third-order valence-electron chi connectivity index (χ3n) is 0.909. The van der Waals surface area contributed by atoms with Gasteiger partial charge in [-0.1, -0.05) is 0 Å². The van der Waals surface area contributed by atoms with Crippen molar-refractivity contribution in [2.75, 3.05) is 7.05 Å². The van der Waals surface area contributed by atoms with Crippen LogP contribution in [-0.2, 0) is 0 Å². The molecule has 0 unspecified atom stereocenters. The van der Waals surface area contributed by atoms with Crippen molar-refractivity contribution < 1.29 is 5.11 Å². The number of amidine groups is 1. The molecule has 0 aliphatic heterocycles. The lowest BCUT2D eigenvalue weighted by atomic mass is 10.1. The summed E-state index contributed by atoms with van der Waals surface area (Å²) in [5.74, 6) is 0.363. The van der Waals surface area contributed by atoms with E-state index in [1.54, 1.807) is 20.9 Å². The first-order chi connectivity index (χ1) is 4.02. The summed E-state index contributed by atoms with van der Waals surface area (Å²) in [7, 11) is 1.57. The van der Waals surface area contributed by atoms with Crippen molar-refractivity contribution in [2.45, 2.75) is 19.4 Å². The summed E-state index contributed by atoms with van der Waals surface area (Å²) < 4.78 is 0. The third-order valence-corrected chi connectivity index (χ3v) is 0.909. The van der Waals surface area contributed by atoms with Crippen LogP contribution in [0.5, 0.6) is 0 Å². The minimum Gasteiger partial charge on any atom is -0.382 e. The number of rotatable bonds is 1. The van der Waals surface area contributed by atoms with Crippen LogP contribution in [0.25, 0.3) is 0 Å². The van der Waals surface area contributed by atoms with Crippen LogP contribution in [0.1, 0.15) is 13.8 Å². The number of hydrogen-bond donors (Lipinski definition) is 1. The average molecular weight is 128 g/mol. The van der Waals surface area contributed by atoms with Crippen LogP contribution in [-0.4, -0.2) is 30.3 Å². The predicted molar refractivity (Wildman–Crippen MR) is 39.2 cm³/mol. The Morgan fingerprint density at radius 3 is 2.00 bits per heavy atom. The lowest BCUT2D eigenvalue weighted by Crippen LogP contribution is -2.29. The molecule has 0 saturated carbocycles. The van der Waals surface area contributed by atoms with Gasteiger partial charge in [0.15, 0.2) is 5.84 Å². The van der Waals surface area contributed by atoms with Crippen LogP contribution in [0.3, 0.4) is 0 Å². The van der Waals surface area contributed by atoms with Gasteiger partial charge in [-0.25, -0.2) is 4.99 Å². The zero-order valence-electron chi connectivity index (χ0n) is 6.05. The van der Waals surface area contributed by atoms with Crippen molar-refractivity contribution in [1.82, 2.24) is 0 Å². The number of aliphatic hydroxyl groups is 1. The fraction of sp³-hybridized carbons (Fsp3) is 0.667. The predicted octanol–water partition coefficient (Wildman–Crippen LogP) is 0.486. The van der Waals surface area contributed by atoms with E-state index in [-0.39, 0.29) is 0 Å². The Bertz CT molecular complexity index is 132. The summed E-state index contributed by atoms with van der Waals surface area (Å²) in [5, 5.41) is 9.21. The van der Waals surface area contributed by atoms with Crippen LogP contribution in [0.2, 0.25) is 0 Å². The maximum Gasteiger partial charge on any atom is 0.153 e. The summed E-state index contributed by atoms with van der Waals surface area (Å²) in [6.45, 7) is 6.49. The molecule has 0 aliphatic rings. The Morgan fingerprint density at radius 2 is 2.00 bits per heavy atom. The molecule has 0 aromatic rings. The Balaban J connectivity index is 4.32. The van der Waals surface area contributed by atoms with Crippen LogP contribution >= 0.6 is 0 Å². The van der Waals surface area contributed by atoms with Crippen molar-refractivity contribution in [2.24, 2.45) is 9.98 Å². The molecule has 0 bridgehead atoms. The molecule has 0 aromatic heterocycles. The molecule has 0 saturated heterocycles. The molecular weight excluding hydrogens is 116 g/mol. The molecule has 3 heteroatoms. The van der Waals surface area contributed by atoms with E-state index >= 15 is 0 Å². The fourth-order valence-corrected chi connectivity index (χ4v) is 0.538. The van der Waals surface area contributed by atoms with Gasteiger partial charge in [-0.2, -0.15) is 0 Å². The second kappa shape index (κ2) is 2.73. The Labute approximate surface area is 55.1 Å². The number of aliphatic imine (C=N–C) groups is 2. The molecule has 0 atom stereocenters. The zero-order chi connectivity index (χ0) is 7.49. The van der Waals surface area contributed by atoms with Crippen LogP contribution in [0.4, 0.5) is 0 Å². The van der Waals surface area contributed by atoms with Gasteiger partial charge in [0.05, 0.1) is 0 Å². The molecule has 52 valence electrons. The van der Waals surface area contributed by atoms with Gasteiger partial charge in [0, 0.05) is 7.05 Å². The highest BCUT2D eigenvalue weighted by molar-refractivity contribution is 5.92. The molecule has 0 amide bonds. The second-order valence-electron chi connectivity index (χ2n) is 2.26. The minimum absolute atomic E-state index is 0.363. The fourth-order valence-electron chi connectivity index (χ4n) is 0.538. The summed E-state index contributed by atoms with van der Waals surface area (Å²) in [6.07, 6.45) is 0. The van der Waals surface area contributed by atoms with Gasteiger partial charge in [-0.05, 0) is 20.6 Å². The topological polar surface area (TPSA) is 45.0 Å². The molecule has 3 nitrogen and oxygen atoms in total. The second-order valence-corrected chi connectivity index (χ2v) is 2.26. The third kappa shape index (κ3) is 2.37. The summed E-state index contributed by atoms with van der Waals surface area (Å²) in [4.78, 5) is 7.24. The van der Waals surface area contributed by atoms with E-state index in [1.807, 2.05) is 0 Å². The molecule has 0 radical (unpaired) electrons. The van der Waals surface area contributed by atoms with E-state index in [0.29, 0.717) is 5.84 Å². The Morgan fingerprint density at radius 1 is 1.56 bits per heavy atom. The summed E-state index contributed by atoms with van der Waals surface area (Å²) in [6, 6.07) is 0. The molecular formula is C6H12N2O. The molecule has 0 aliphatic carbocycles. The highest BCUT2D eigenvalue weighted by atomic mass is 16.3. The highest BCUT2D eigenvalue weighted by Gasteiger charge is 2.18. The molecule has 0 spiro atoms. The first-order valence-electron chi connectivity index (χ1n) is 2.68. The number of hydrogen-bond acceptors (Lipinski definition) is 2. The lowest BCUT2D eigenvalue weighted by Gasteiger charge is -2.14. The normalized spacial score (nSPS) is 13.6. The maximum absolute atomic E-state index is 9.21. The van der Waals surface area contributed by atoms with E-state index in [4.69, 9.17) is 0 Å².